The van der Waals surface area contributed by atoms with Gasteiger partial charge in [-0.2, -0.15) is 0 Å². The van der Waals surface area contributed by atoms with Gasteiger partial charge in [0.05, 0.1) is 25.3 Å². The fourth-order valence-electron chi connectivity index (χ4n) is 13.5. The van der Waals surface area contributed by atoms with E-state index in [-0.39, 0.29) is 74.4 Å². The van der Waals surface area contributed by atoms with Crippen molar-refractivity contribution in [1.82, 2.24) is 0 Å². The van der Waals surface area contributed by atoms with Gasteiger partial charge in [0.15, 0.2) is 0 Å². The second kappa shape index (κ2) is 14.6. The molecule has 4 heteroatoms. The number of benzene rings is 6. The molecule has 0 amide bonds. The maximum atomic E-state index is 10.00. The number of rotatable bonds is 3. The zero-order valence-corrected chi connectivity index (χ0v) is 44.6. The Hall–Kier alpha value is -5.48. The second-order valence-corrected chi connectivity index (χ2v) is 26.9. The van der Waals surface area contributed by atoms with Crippen LogP contribution < -0.4 is 26.4 Å². The summed E-state index contributed by atoms with van der Waals surface area (Å²) in [7, 11) is 0. The first-order chi connectivity index (χ1) is 35.3. The molecule has 3 aliphatic carbocycles. The summed E-state index contributed by atoms with van der Waals surface area (Å²) in [6.07, 6.45) is 6.38. The van der Waals surface area contributed by atoms with Crippen molar-refractivity contribution in [3.8, 4) is 11.1 Å². The van der Waals surface area contributed by atoms with E-state index in [0.717, 1.165) is 100 Å². The minimum absolute atomic E-state index is 0.00773. The summed E-state index contributed by atoms with van der Waals surface area (Å²) >= 11 is 0. The maximum absolute atomic E-state index is 10.00. The Morgan fingerprint density at radius 1 is 0.500 bits per heavy atom. The lowest BCUT2D eigenvalue weighted by Crippen LogP contribution is -2.61. The second-order valence-electron chi connectivity index (χ2n) is 26.9. The minimum atomic E-state index is -0.422. The molecule has 70 heavy (non-hydrogen) atoms. The van der Waals surface area contributed by atoms with Gasteiger partial charge in [0, 0.05) is 33.7 Å². The van der Waals surface area contributed by atoms with Crippen LogP contribution in [0.15, 0.2) is 113 Å². The van der Waals surface area contributed by atoms with Crippen LogP contribution in [0, 0.1) is 0 Å². The van der Waals surface area contributed by atoms with Crippen molar-refractivity contribution in [2.24, 2.45) is 0 Å². The van der Waals surface area contributed by atoms with Gasteiger partial charge >= 0.3 is 0 Å². The summed E-state index contributed by atoms with van der Waals surface area (Å²) < 4.78 is 63.3. The van der Waals surface area contributed by atoms with E-state index in [1.165, 1.54) is 33.4 Å². The highest BCUT2D eigenvalue weighted by atomic mass is 16.3. The molecule has 0 spiro atoms. The first kappa shape index (κ1) is 39.2. The van der Waals surface area contributed by atoms with Gasteiger partial charge in [-0.1, -0.05) is 158 Å². The first-order valence-electron chi connectivity index (χ1n) is 29.2. The van der Waals surface area contributed by atoms with E-state index < -0.39 is 6.04 Å². The standard InChI is InChI=1S/C66H75BN2O/c1-60(2,3)41-24-27-52(43(34-41)40-20-17-16-18-21-40)69-54-23-19-22-53-57(54)67(51-37-48-49(38-55(51)69)65(12,13)32-31-64(48,10)11)59-58(44-36-47-50(39-56(44)70-59)66(14,15)33-30-63(47,8)9)68(53)42-25-26-45-46(35-42)62(6,7)29-28-61(45,4)5/h16-27,34-39H,28-33H2,1-15H3/i16D,17D,18D,19D,20D,21D. The van der Waals surface area contributed by atoms with E-state index in [1.807, 2.05) is 12.1 Å². The number of nitrogens with zero attached hydrogens (tertiary/aromatic N) is 2. The van der Waals surface area contributed by atoms with Crippen molar-refractivity contribution in [2.75, 3.05) is 9.80 Å². The molecular formula is C66H75BN2O. The van der Waals surface area contributed by atoms with Gasteiger partial charge in [-0.3, -0.25) is 0 Å². The third-order valence-corrected chi connectivity index (χ3v) is 18.4. The largest absolute Gasteiger partial charge is 0.468 e. The number of anilines is 6. The van der Waals surface area contributed by atoms with Crippen LogP contribution in [0.2, 0.25) is 0 Å². The van der Waals surface area contributed by atoms with E-state index in [9.17, 15) is 4.11 Å². The number of fused-ring (bicyclic) bond motifs is 9. The first-order valence-corrected chi connectivity index (χ1v) is 26.2. The molecule has 0 saturated carbocycles. The lowest BCUT2D eigenvalue weighted by atomic mass is 9.35. The van der Waals surface area contributed by atoms with Crippen molar-refractivity contribution in [3.63, 3.8) is 0 Å². The molecular weight excluding hydrogens is 848 g/mol. The van der Waals surface area contributed by atoms with Crippen molar-refractivity contribution >= 4 is 68.4 Å². The average Bonchev–Trinajstić information content (AvgIpc) is 3.94. The fraction of sp³-hybridized carbons (Fsp3) is 0.424. The molecule has 3 heterocycles. The molecule has 5 aliphatic rings. The Kier molecular flexibility index (Phi) is 8.16. The van der Waals surface area contributed by atoms with E-state index in [2.05, 4.69) is 174 Å². The predicted molar refractivity (Wildman–Crippen MR) is 300 cm³/mol. The van der Waals surface area contributed by atoms with Crippen LogP contribution in [0.1, 0.15) is 190 Å². The minimum Gasteiger partial charge on any atom is -0.468 e. The van der Waals surface area contributed by atoms with Crippen LogP contribution >= 0.6 is 0 Å². The van der Waals surface area contributed by atoms with Gasteiger partial charge in [-0.05, 0) is 186 Å². The van der Waals surface area contributed by atoms with Gasteiger partial charge in [0.25, 0.3) is 6.71 Å². The van der Waals surface area contributed by atoms with E-state index >= 15 is 0 Å². The molecule has 0 unspecified atom stereocenters. The zero-order chi connectivity index (χ0) is 54.7. The third kappa shape index (κ3) is 6.59. The molecule has 0 atom stereocenters. The Balaban J connectivity index is 1.25. The van der Waals surface area contributed by atoms with Crippen LogP contribution in [-0.2, 0) is 37.9 Å². The molecule has 0 N–H and O–H groups in total. The van der Waals surface area contributed by atoms with Gasteiger partial charge in [0.1, 0.15) is 5.58 Å². The number of furan rings is 1. The lowest BCUT2D eigenvalue weighted by Gasteiger charge is -2.47. The molecule has 0 radical (unpaired) electrons. The number of hydrogen-bond donors (Lipinski definition) is 0. The highest BCUT2D eigenvalue weighted by molar-refractivity contribution is 7.00. The van der Waals surface area contributed by atoms with Gasteiger partial charge < -0.3 is 14.2 Å². The van der Waals surface area contributed by atoms with Crippen molar-refractivity contribution < 1.29 is 12.6 Å². The van der Waals surface area contributed by atoms with Crippen LogP contribution in [0.4, 0.5) is 34.1 Å². The Morgan fingerprint density at radius 3 is 1.63 bits per heavy atom. The molecule has 2 aliphatic heterocycles. The summed E-state index contributed by atoms with van der Waals surface area (Å²) in [4.78, 5) is 4.70. The molecule has 12 rings (SSSR count). The Morgan fingerprint density at radius 2 is 1.03 bits per heavy atom. The fourth-order valence-corrected chi connectivity index (χ4v) is 13.5. The SMILES string of the molecule is [2H]c1cc2c3c(c1)N(c1ccc4c(c1)C(C)(C)CCC4(C)C)c1c(oc4cc5c(cc14)C(C)(C)CCC5(C)C)B3c1cc3c(cc1N2c1ccc(C(C)(C)C)cc1-c1c([2H])c([2H])c([2H])c([2H])c1[2H])C(C)(C)CCC3(C)C. The molecule has 3 nitrogen and oxygen atoms in total. The number of hydrogen-bond acceptors (Lipinski definition) is 3. The molecule has 0 fully saturated rings. The summed E-state index contributed by atoms with van der Waals surface area (Å²) in [6, 6.07) is 25.8. The highest BCUT2D eigenvalue weighted by Crippen LogP contribution is 2.55. The van der Waals surface area contributed by atoms with E-state index in [4.69, 9.17) is 8.53 Å². The molecule has 0 bridgehead atoms. The molecule has 7 aromatic rings. The van der Waals surface area contributed by atoms with Crippen LogP contribution in [0.3, 0.4) is 0 Å². The van der Waals surface area contributed by atoms with Crippen LogP contribution in [0.5, 0.6) is 0 Å². The van der Waals surface area contributed by atoms with E-state index in [1.54, 1.807) is 0 Å². The molecule has 358 valence electrons. The predicted octanol–water partition coefficient (Wildman–Crippen LogP) is 16.5. The Labute approximate surface area is 428 Å². The molecule has 6 aromatic carbocycles. The monoisotopic (exact) mass is 929 g/mol. The van der Waals surface area contributed by atoms with Crippen molar-refractivity contribution in [1.29, 1.82) is 0 Å². The van der Waals surface area contributed by atoms with Gasteiger partial charge in [-0.15, -0.1) is 0 Å². The average molecular weight is 929 g/mol. The third-order valence-electron chi connectivity index (χ3n) is 18.4. The topological polar surface area (TPSA) is 19.6 Å². The molecule has 1 aromatic heterocycles. The van der Waals surface area contributed by atoms with E-state index in [0.29, 0.717) is 17.3 Å². The summed E-state index contributed by atoms with van der Waals surface area (Å²) in [6.45, 7) is 34.6. The van der Waals surface area contributed by atoms with Crippen molar-refractivity contribution in [3.05, 3.63) is 148 Å². The van der Waals surface area contributed by atoms with Gasteiger partial charge in [0.2, 0.25) is 0 Å². The molecule has 0 saturated heterocycles. The highest BCUT2D eigenvalue weighted by Gasteiger charge is 2.50. The van der Waals surface area contributed by atoms with Crippen molar-refractivity contribution in [2.45, 2.75) is 180 Å². The zero-order valence-electron chi connectivity index (χ0n) is 50.6. The summed E-state index contributed by atoms with van der Waals surface area (Å²) in [5, 5.41) is 1.07. The lowest BCUT2D eigenvalue weighted by molar-refractivity contribution is 0.332. The maximum Gasteiger partial charge on any atom is 0.297 e. The normalized spacial score (nSPS) is 21.7. The van der Waals surface area contributed by atoms with Crippen LogP contribution in [-0.4, -0.2) is 6.71 Å². The summed E-state index contributed by atoms with van der Waals surface area (Å²) in [5.41, 5.74) is 18.1. The quantitative estimate of drug-likeness (QED) is 0.165. The van der Waals surface area contributed by atoms with Gasteiger partial charge in [-0.25, -0.2) is 0 Å². The van der Waals surface area contributed by atoms with Crippen LogP contribution in [0.25, 0.3) is 22.1 Å². The smallest absolute Gasteiger partial charge is 0.297 e. The Bertz CT molecular complexity index is 3670. The summed E-state index contributed by atoms with van der Waals surface area (Å²) in [5.74, 6) is 0.